The molecule has 3 rings (SSSR count). The largest absolute Gasteiger partial charge is 0.391 e. The molecule has 3 nitrogen and oxygen atoms in total. The summed E-state index contributed by atoms with van der Waals surface area (Å²) in [6, 6.07) is 14.4. The van der Waals surface area contributed by atoms with E-state index in [2.05, 4.69) is 46.5 Å². The number of aliphatic hydroxyl groups is 1. The van der Waals surface area contributed by atoms with Gasteiger partial charge in [-0.05, 0) is 49.8 Å². The predicted molar refractivity (Wildman–Crippen MR) is 90.1 cm³/mol. The lowest BCUT2D eigenvalue weighted by atomic mass is 10.2. The van der Waals surface area contributed by atoms with Gasteiger partial charge in [0, 0.05) is 17.7 Å². The standard InChI is InChI=1S/C19H18N2O/c1-14-7-9-18-16(11-14)12-17(8-6-15(2)13-22)21(18)19-5-3-4-10-20-19/h3-5,7-12,22H,13H2,1-2H3. The van der Waals surface area contributed by atoms with Crippen molar-refractivity contribution < 1.29 is 5.11 Å². The van der Waals surface area contributed by atoms with Crippen LogP contribution in [0.5, 0.6) is 0 Å². The number of hydrogen-bond acceptors (Lipinski definition) is 2. The summed E-state index contributed by atoms with van der Waals surface area (Å²) in [5.74, 6) is 0.871. The van der Waals surface area contributed by atoms with Crippen LogP contribution in [0.4, 0.5) is 0 Å². The molecule has 0 saturated carbocycles. The number of aliphatic hydroxyl groups excluding tert-OH is 1. The fraction of sp³-hybridized carbons (Fsp3) is 0.158. The zero-order chi connectivity index (χ0) is 15.5. The van der Waals surface area contributed by atoms with Crippen LogP contribution in [-0.4, -0.2) is 21.3 Å². The summed E-state index contributed by atoms with van der Waals surface area (Å²) in [6.45, 7) is 3.96. The molecular formula is C19H18N2O. The first kappa shape index (κ1) is 14.3. The molecule has 22 heavy (non-hydrogen) atoms. The molecule has 110 valence electrons. The minimum atomic E-state index is 0.0133. The minimum absolute atomic E-state index is 0.0133. The van der Waals surface area contributed by atoms with Gasteiger partial charge in [0.2, 0.25) is 0 Å². The Labute approximate surface area is 129 Å². The lowest BCUT2D eigenvalue weighted by Crippen LogP contribution is -1.98. The predicted octanol–water partition coefficient (Wildman–Crippen LogP) is 3.88. The van der Waals surface area contributed by atoms with Gasteiger partial charge in [-0.15, -0.1) is 5.73 Å². The number of hydrogen-bond donors (Lipinski definition) is 1. The van der Waals surface area contributed by atoms with Crippen molar-refractivity contribution in [1.82, 2.24) is 9.55 Å². The van der Waals surface area contributed by atoms with Gasteiger partial charge in [-0.2, -0.15) is 0 Å². The second-order valence-electron chi connectivity index (χ2n) is 5.38. The molecule has 1 N–H and O–H groups in total. The van der Waals surface area contributed by atoms with Gasteiger partial charge in [-0.25, -0.2) is 4.98 Å². The van der Waals surface area contributed by atoms with Crippen molar-refractivity contribution in [3.63, 3.8) is 0 Å². The van der Waals surface area contributed by atoms with Gasteiger partial charge in [0.1, 0.15) is 5.82 Å². The third kappa shape index (κ3) is 2.73. The van der Waals surface area contributed by atoms with Gasteiger partial charge in [0.25, 0.3) is 0 Å². The zero-order valence-electron chi connectivity index (χ0n) is 12.7. The number of pyridine rings is 1. The average Bonchev–Trinajstić information content (AvgIpc) is 2.90. The van der Waals surface area contributed by atoms with E-state index in [1.807, 2.05) is 31.2 Å². The van der Waals surface area contributed by atoms with E-state index < -0.39 is 0 Å². The Morgan fingerprint density at radius 3 is 2.86 bits per heavy atom. The number of aryl methyl sites for hydroxylation is 1. The molecule has 0 fully saturated rings. The molecule has 0 aliphatic heterocycles. The molecule has 0 aliphatic carbocycles. The maximum absolute atomic E-state index is 9.14. The Kier molecular flexibility index (Phi) is 3.92. The van der Waals surface area contributed by atoms with Gasteiger partial charge >= 0.3 is 0 Å². The first-order valence-corrected chi connectivity index (χ1v) is 7.25. The molecule has 0 bridgehead atoms. The van der Waals surface area contributed by atoms with Crippen LogP contribution in [0.25, 0.3) is 22.8 Å². The molecule has 0 saturated heterocycles. The highest BCUT2D eigenvalue weighted by Gasteiger charge is 2.09. The van der Waals surface area contributed by atoms with Crippen LogP contribution in [0.3, 0.4) is 0 Å². The van der Waals surface area contributed by atoms with Gasteiger partial charge in [-0.1, -0.05) is 17.7 Å². The summed E-state index contributed by atoms with van der Waals surface area (Å²) in [5, 5.41) is 10.3. The van der Waals surface area contributed by atoms with Crippen LogP contribution in [0.15, 0.2) is 60.0 Å². The van der Waals surface area contributed by atoms with Crippen molar-refractivity contribution in [3.05, 3.63) is 71.2 Å². The van der Waals surface area contributed by atoms with Crippen molar-refractivity contribution in [2.45, 2.75) is 13.8 Å². The van der Waals surface area contributed by atoms with E-state index in [-0.39, 0.29) is 6.61 Å². The zero-order valence-corrected chi connectivity index (χ0v) is 12.7. The van der Waals surface area contributed by atoms with Crippen LogP contribution < -0.4 is 0 Å². The smallest absolute Gasteiger partial charge is 0.137 e. The SMILES string of the molecule is CC(=C=Cc1cc2cc(C)ccc2n1-c1ccccn1)CO. The fourth-order valence-corrected chi connectivity index (χ4v) is 2.45. The van der Waals surface area contributed by atoms with Crippen LogP contribution in [-0.2, 0) is 0 Å². The number of nitrogens with zero attached hydrogens (tertiary/aromatic N) is 2. The van der Waals surface area contributed by atoms with Crippen molar-refractivity contribution in [2.24, 2.45) is 0 Å². The number of aromatic nitrogens is 2. The molecule has 2 heterocycles. The summed E-state index contributed by atoms with van der Waals surface area (Å²) >= 11 is 0. The molecule has 0 atom stereocenters. The molecule has 3 heteroatoms. The van der Waals surface area contributed by atoms with E-state index in [1.165, 1.54) is 10.9 Å². The van der Waals surface area contributed by atoms with Crippen LogP contribution in [0, 0.1) is 6.92 Å². The van der Waals surface area contributed by atoms with E-state index in [0.717, 1.165) is 22.6 Å². The van der Waals surface area contributed by atoms with Crippen molar-refractivity contribution >= 4 is 17.0 Å². The van der Waals surface area contributed by atoms with E-state index in [4.69, 9.17) is 5.11 Å². The summed E-state index contributed by atoms with van der Waals surface area (Å²) in [5.41, 5.74) is 7.26. The van der Waals surface area contributed by atoms with E-state index >= 15 is 0 Å². The Hall–Kier alpha value is -2.61. The third-order valence-corrected chi connectivity index (χ3v) is 3.57. The van der Waals surface area contributed by atoms with Crippen molar-refractivity contribution in [1.29, 1.82) is 0 Å². The first-order chi connectivity index (χ1) is 10.7. The Morgan fingerprint density at radius 2 is 2.14 bits per heavy atom. The molecule has 0 amide bonds. The lowest BCUT2D eigenvalue weighted by molar-refractivity contribution is 0.332. The number of benzene rings is 1. The normalized spacial score (nSPS) is 10.5. The van der Waals surface area contributed by atoms with Crippen molar-refractivity contribution in [2.75, 3.05) is 6.61 Å². The monoisotopic (exact) mass is 290 g/mol. The summed E-state index contributed by atoms with van der Waals surface area (Å²) in [6.07, 6.45) is 3.69. The molecule has 0 aliphatic rings. The van der Waals surface area contributed by atoms with Gasteiger partial charge in [0.15, 0.2) is 0 Å². The highest BCUT2D eigenvalue weighted by atomic mass is 16.3. The molecule has 2 aromatic heterocycles. The minimum Gasteiger partial charge on any atom is -0.391 e. The Balaban J connectivity index is 2.29. The Morgan fingerprint density at radius 1 is 1.27 bits per heavy atom. The maximum Gasteiger partial charge on any atom is 0.137 e. The van der Waals surface area contributed by atoms with Gasteiger partial charge in [0.05, 0.1) is 17.8 Å². The average molecular weight is 290 g/mol. The van der Waals surface area contributed by atoms with Crippen molar-refractivity contribution in [3.8, 4) is 5.82 Å². The number of rotatable bonds is 3. The molecule has 0 spiro atoms. The fourth-order valence-electron chi connectivity index (χ4n) is 2.45. The highest BCUT2D eigenvalue weighted by molar-refractivity contribution is 5.86. The highest BCUT2D eigenvalue weighted by Crippen LogP contribution is 2.25. The lowest BCUT2D eigenvalue weighted by Gasteiger charge is -2.07. The second-order valence-corrected chi connectivity index (χ2v) is 5.38. The molecule has 0 radical (unpaired) electrons. The summed E-state index contributed by atoms with van der Waals surface area (Å²) in [7, 11) is 0. The summed E-state index contributed by atoms with van der Waals surface area (Å²) < 4.78 is 2.10. The molecule has 1 aromatic carbocycles. The molecular weight excluding hydrogens is 272 g/mol. The van der Waals surface area contributed by atoms with Crippen LogP contribution in [0.1, 0.15) is 18.2 Å². The molecule has 0 unspecified atom stereocenters. The first-order valence-electron chi connectivity index (χ1n) is 7.25. The second kappa shape index (κ2) is 6.02. The quantitative estimate of drug-likeness (QED) is 0.743. The van der Waals surface area contributed by atoms with Gasteiger partial charge in [-0.3, -0.25) is 4.57 Å². The van der Waals surface area contributed by atoms with Crippen LogP contribution >= 0.6 is 0 Å². The van der Waals surface area contributed by atoms with E-state index in [1.54, 1.807) is 6.20 Å². The topological polar surface area (TPSA) is 38.0 Å². The van der Waals surface area contributed by atoms with Gasteiger partial charge < -0.3 is 5.11 Å². The maximum atomic E-state index is 9.14. The van der Waals surface area contributed by atoms with Crippen LogP contribution in [0.2, 0.25) is 0 Å². The Bertz CT molecular complexity index is 869. The summed E-state index contributed by atoms with van der Waals surface area (Å²) in [4.78, 5) is 4.46. The third-order valence-electron chi connectivity index (χ3n) is 3.57. The van der Waals surface area contributed by atoms with E-state index in [9.17, 15) is 0 Å². The van der Waals surface area contributed by atoms with E-state index in [0.29, 0.717) is 0 Å². The molecule has 3 aromatic rings. The number of fused-ring (bicyclic) bond motifs is 1.